The van der Waals surface area contributed by atoms with Crippen molar-refractivity contribution in [2.45, 2.75) is 264 Å². The number of amides is 1. The van der Waals surface area contributed by atoms with Crippen molar-refractivity contribution in [3.63, 3.8) is 0 Å². The molecule has 5 N–H and O–H groups in total. The highest BCUT2D eigenvalue weighted by atomic mass is 31.2. The Labute approximate surface area is 347 Å². The van der Waals surface area contributed by atoms with Crippen molar-refractivity contribution in [1.82, 2.24) is 5.32 Å². The molecule has 0 fully saturated rings. The molecule has 9 heteroatoms. The summed E-state index contributed by atoms with van der Waals surface area (Å²) < 4.78 is 22.2. The number of phosphoric ester groups is 1. The lowest BCUT2D eigenvalue weighted by molar-refractivity contribution is -0.123. The van der Waals surface area contributed by atoms with Crippen molar-refractivity contribution in [2.24, 2.45) is 5.73 Å². The third kappa shape index (κ3) is 41.4. The van der Waals surface area contributed by atoms with Crippen molar-refractivity contribution in [2.75, 3.05) is 19.8 Å². The van der Waals surface area contributed by atoms with Crippen LogP contribution in [0.3, 0.4) is 0 Å². The van der Waals surface area contributed by atoms with E-state index in [0.29, 0.717) is 6.42 Å². The first-order chi connectivity index (χ1) is 27.4. The molecular weight excluding hydrogens is 719 g/mol. The van der Waals surface area contributed by atoms with Gasteiger partial charge in [-0.15, -0.1) is 0 Å². The molecule has 0 bridgehead atoms. The molecule has 0 heterocycles. The molecule has 0 aromatic heterocycles. The molecule has 0 aliphatic rings. The molecule has 1 amide bonds. The lowest BCUT2D eigenvalue weighted by atomic mass is 10.0. The maximum Gasteiger partial charge on any atom is 0.472 e. The molecule has 0 radical (unpaired) electrons. The summed E-state index contributed by atoms with van der Waals surface area (Å²) in [7, 11) is -4.34. The SMILES string of the molecule is CCCCCCCCCCCCCCCC/C=C/[C@@H](O)[C@H](COP(=O)(O)OCCN)NC(=O)CCCCCCCCCCCCCCCCCCCCCCC. The van der Waals surface area contributed by atoms with Crippen molar-refractivity contribution in [3.8, 4) is 0 Å². The molecule has 3 atom stereocenters. The van der Waals surface area contributed by atoms with E-state index in [1.165, 1.54) is 193 Å². The summed E-state index contributed by atoms with van der Waals surface area (Å²) in [4.78, 5) is 22.8. The second-order valence-electron chi connectivity index (χ2n) is 16.7. The Bertz CT molecular complexity index is 891. The van der Waals surface area contributed by atoms with Crippen LogP contribution < -0.4 is 11.1 Å². The Hall–Kier alpha value is -0.760. The Balaban J connectivity index is 4.08. The summed E-state index contributed by atoms with van der Waals surface area (Å²) in [6.07, 6.45) is 49.8. The number of hydrogen-bond donors (Lipinski definition) is 4. The second-order valence-corrected chi connectivity index (χ2v) is 18.1. The minimum atomic E-state index is -4.34. The van der Waals surface area contributed by atoms with Gasteiger partial charge in [-0.3, -0.25) is 13.8 Å². The predicted molar refractivity (Wildman–Crippen MR) is 240 cm³/mol. The predicted octanol–water partition coefficient (Wildman–Crippen LogP) is 14.0. The first kappa shape index (κ1) is 55.2. The van der Waals surface area contributed by atoms with Crippen molar-refractivity contribution >= 4 is 13.7 Å². The van der Waals surface area contributed by atoms with Gasteiger partial charge in [0.1, 0.15) is 0 Å². The van der Waals surface area contributed by atoms with Gasteiger partial charge in [-0.05, 0) is 19.3 Å². The highest BCUT2D eigenvalue weighted by molar-refractivity contribution is 7.47. The lowest BCUT2D eigenvalue weighted by Crippen LogP contribution is -2.45. The van der Waals surface area contributed by atoms with Crippen LogP contribution in [0.4, 0.5) is 0 Å². The van der Waals surface area contributed by atoms with Gasteiger partial charge in [0.2, 0.25) is 5.91 Å². The molecule has 0 aliphatic carbocycles. The molecule has 0 aliphatic heterocycles. The minimum absolute atomic E-state index is 0.0815. The van der Waals surface area contributed by atoms with Crippen LogP contribution >= 0.6 is 7.82 Å². The largest absolute Gasteiger partial charge is 0.472 e. The fourth-order valence-corrected chi connectivity index (χ4v) is 8.19. The molecule has 1 unspecified atom stereocenters. The Morgan fingerprint density at radius 2 is 0.911 bits per heavy atom. The highest BCUT2D eigenvalue weighted by Crippen LogP contribution is 2.43. The normalized spacial score (nSPS) is 14.0. The standard InChI is InChI=1S/C47H95N2O6P/c1-3-5-7-9-11-13-15-17-19-21-22-23-24-25-27-29-31-33-35-37-39-41-47(51)49-45(44-55-56(52,53)54-43-42-48)46(50)40-38-36-34-32-30-28-26-20-18-16-14-12-10-8-6-4-2/h38,40,45-46,50H,3-37,39,41-44,48H2,1-2H3,(H,49,51)(H,52,53)/b40-38+/t45-,46+/m0/s1. The highest BCUT2D eigenvalue weighted by Gasteiger charge is 2.26. The number of unbranched alkanes of at least 4 members (excludes halogenated alkanes) is 34. The maximum atomic E-state index is 12.8. The second kappa shape index (κ2) is 43.8. The maximum absolute atomic E-state index is 12.8. The average molecular weight is 815 g/mol. The van der Waals surface area contributed by atoms with Gasteiger partial charge in [0, 0.05) is 13.0 Å². The molecule has 0 saturated heterocycles. The summed E-state index contributed by atoms with van der Waals surface area (Å²) in [5, 5.41) is 13.7. The van der Waals surface area contributed by atoms with Gasteiger partial charge >= 0.3 is 7.82 Å². The summed E-state index contributed by atoms with van der Waals surface area (Å²) in [6, 6.07) is -0.855. The van der Waals surface area contributed by atoms with Crippen molar-refractivity contribution < 1.29 is 28.4 Å². The van der Waals surface area contributed by atoms with Crippen LogP contribution in [0.2, 0.25) is 0 Å². The molecule has 0 aromatic rings. The number of nitrogens with one attached hydrogen (secondary N) is 1. The molecule has 334 valence electrons. The molecule has 8 nitrogen and oxygen atoms in total. The zero-order valence-corrected chi connectivity index (χ0v) is 38.0. The number of phosphoric acid groups is 1. The first-order valence-corrected chi connectivity index (χ1v) is 25.8. The number of hydrogen-bond acceptors (Lipinski definition) is 6. The number of carbonyl (C=O) groups is 1. The van der Waals surface area contributed by atoms with Gasteiger partial charge in [0.25, 0.3) is 0 Å². The van der Waals surface area contributed by atoms with E-state index in [1.54, 1.807) is 6.08 Å². The van der Waals surface area contributed by atoms with Gasteiger partial charge in [-0.1, -0.05) is 238 Å². The van der Waals surface area contributed by atoms with E-state index >= 15 is 0 Å². The van der Waals surface area contributed by atoms with Gasteiger partial charge in [-0.25, -0.2) is 4.57 Å². The molecule has 0 saturated carbocycles. The van der Waals surface area contributed by atoms with Crippen LogP contribution in [0, 0.1) is 0 Å². The van der Waals surface area contributed by atoms with Crippen LogP contribution in [0.1, 0.15) is 251 Å². The van der Waals surface area contributed by atoms with Crippen molar-refractivity contribution in [3.05, 3.63) is 12.2 Å². The number of nitrogens with two attached hydrogens (primary N) is 1. The fourth-order valence-electron chi connectivity index (χ4n) is 7.43. The summed E-state index contributed by atoms with van der Waals surface area (Å²) >= 11 is 0. The van der Waals surface area contributed by atoms with E-state index in [4.69, 9.17) is 14.8 Å². The van der Waals surface area contributed by atoms with E-state index in [1.807, 2.05) is 6.08 Å². The van der Waals surface area contributed by atoms with Crippen LogP contribution in [0.5, 0.6) is 0 Å². The molecule has 0 rings (SSSR count). The summed E-state index contributed by atoms with van der Waals surface area (Å²) in [6.45, 7) is 4.17. The number of aliphatic hydroxyl groups excluding tert-OH is 1. The zero-order valence-electron chi connectivity index (χ0n) is 37.1. The first-order valence-electron chi connectivity index (χ1n) is 24.3. The molecule has 0 spiro atoms. The molecular formula is C47H95N2O6P. The van der Waals surface area contributed by atoms with Crippen LogP contribution in [0.15, 0.2) is 12.2 Å². The third-order valence-corrected chi connectivity index (χ3v) is 12.1. The van der Waals surface area contributed by atoms with Crippen LogP contribution in [0.25, 0.3) is 0 Å². The summed E-state index contributed by atoms with van der Waals surface area (Å²) in [5.41, 5.74) is 5.38. The van der Waals surface area contributed by atoms with Gasteiger partial charge < -0.3 is 21.1 Å². The zero-order chi connectivity index (χ0) is 41.1. The number of rotatable bonds is 46. The Kier molecular flexibility index (Phi) is 43.2. The van der Waals surface area contributed by atoms with Gasteiger partial charge in [0.05, 0.1) is 25.4 Å². The van der Waals surface area contributed by atoms with E-state index < -0.39 is 20.0 Å². The topological polar surface area (TPSA) is 131 Å². The summed E-state index contributed by atoms with van der Waals surface area (Å²) in [5.74, 6) is -0.188. The third-order valence-electron chi connectivity index (χ3n) is 11.1. The average Bonchev–Trinajstić information content (AvgIpc) is 3.19. The van der Waals surface area contributed by atoms with E-state index in [2.05, 4.69) is 19.2 Å². The quantitative estimate of drug-likeness (QED) is 0.0273. The Morgan fingerprint density at radius 3 is 1.27 bits per heavy atom. The monoisotopic (exact) mass is 815 g/mol. The number of carbonyl (C=O) groups excluding carboxylic acids is 1. The number of aliphatic hydroxyl groups is 1. The van der Waals surface area contributed by atoms with Crippen LogP contribution in [-0.2, 0) is 18.4 Å². The number of allylic oxidation sites excluding steroid dienone is 1. The molecule has 0 aromatic carbocycles. The molecule has 56 heavy (non-hydrogen) atoms. The van der Waals surface area contributed by atoms with Gasteiger partial charge in [0.15, 0.2) is 0 Å². The fraction of sp³-hybridized carbons (Fsp3) is 0.936. The smallest absolute Gasteiger partial charge is 0.387 e. The minimum Gasteiger partial charge on any atom is -0.387 e. The van der Waals surface area contributed by atoms with Gasteiger partial charge in [-0.2, -0.15) is 0 Å². The van der Waals surface area contributed by atoms with Crippen molar-refractivity contribution in [1.29, 1.82) is 0 Å². The Morgan fingerprint density at radius 1 is 0.571 bits per heavy atom. The van der Waals surface area contributed by atoms with E-state index in [9.17, 15) is 19.4 Å². The van der Waals surface area contributed by atoms with E-state index in [0.717, 1.165) is 38.5 Å². The van der Waals surface area contributed by atoms with E-state index in [-0.39, 0.29) is 25.7 Å². The lowest BCUT2D eigenvalue weighted by Gasteiger charge is -2.23. The van der Waals surface area contributed by atoms with Crippen LogP contribution in [-0.4, -0.2) is 47.8 Å².